The van der Waals surface area contributed by atoms with Gasteiger partial charge in [0.25, 0.3) is 5.56 Å². The van der Waals surface area contributed by atoms with E-state index in [-0.39, 0.29) is 22.7 Å². The van der Waals surface area contributed by atoms with Crippen molar-refractivity contribution in [2.45, 2.75) is 6.92 Å². The van der Waals surface area contributed by atoms with Gasteiger partial charge >= 0.3 is 5.97 Å². The van der Waals surface area contributed by atoms with Gasteiger partial charge in [-0.15, -0.1) is 0 Å². The van der Waals surface area contributed by atoms with Crippen molar-refractivity contribution >= 4 is 28.5 Å². The first kappa shape index (κ1) is 12.6. The second-order valence-electron chi connectivity index (χ2n) is 3.55. The number of nitrogens with one attached hydrogen (secondary N) is 1. The van der Waals surface area contributed by atoms with Crippen LogP contribution in [0.4, 0.5) is 4.39 Å². The summed E-state index contributed by atoms with van der Waals surface area (Å²) in [5.41, 5.74) is -0.729. The number of rotatable bonds is 2. The van der Waals surface area contributed by atoms with Crippen LogP contribution in [0.15, 0.2) is 23.0 Å². The predicted octanol–water partition coefficient (Wildman–Crippen LogP) is 2.50. The molecule has 6 heteroatoms. The van der Waals surface area contributed by atoms with Crippen LogP contribution in [0.5, 0.6) is 0 Å². The van der Waals surface area contributed by atoms with Crippen LogP contribution >= 0.6 is 11.6 Å². The van der Waals surface area contributed by atoms with Gasteiger partial charge in [-0.2, -0.15) is 0 Å². The first-order chi connectivity index (χ1) is 8.54. The largest absolute Gasteiger partial charge is 0.462 e. The Morgan fingerprint density at radius 2 is 2.22 bits per heavy atom. The highest BCUT2D eigenvalue weighted by molar-refractivity contribution is 6.38. The van der Waals surface area contributed by atoms with Crippen LogP contribution in [0.2, 0.25) is 5.02 Å². The average Bonchev–Trinajstić information content (AvgIpc) is 2.28. The van der Waals surface area contributed by atoms with Gasteiger partial charge in [-0.25, -0.2) is 9.18 Å². The second kappa shape index (κ2) is 4.78. The molecule has 18 heavy (non-hydrogen) atoms. The molecule has 1 aromatic heterocycles. The second-order valence-corrected chi connectivity index (χ2v) is 3.93. The molecule has 0 spiro atoms. The zero-order chi connectivity index (χ0) is 13.3. The number of hydrogen-bond acceptors (Lipinski definition) is 3. The molecule has 2 rings (SSSR count). The van der Waals surface area contributed by atoms with Crippen LogP contribution < -0.4 is 5.56 Å². The Labute approximate surface area is 106 Å². The number of aromatic amines is 1. The topological polar surface area (TPSA) is 59.2 Å². The lowest BCUT2D eigenvalue weighted by atomic mass is 10.1. The quantitative estimate of drug-likeness (QED) is 0.852. The van der Waals surface area contributed by atoms with Crippen molar-refractivity contribution in [3.63, 3.8) is 0 Å². The lowest BCUT2D eigenvalue weighted by Crippen LogP contribution is -2.20. The number of aromatic nitrogens is 1. The fourth-order valence-corrected chi connectivity index (χ4v) is 1.94. The van der Waals surface area contributed by atoms with Crippen molar-refractivity contribution in [1.29, 1.82) is 0 Å². The standard InChI is InChI=1S/C12H9ClFNO3/c1-2-18-12(17)9-10(13)7-4-3-6(14)5-8(7)15-11(9)16/h3-5H,2H2,1H3,(H,15,16). The molecule has 94 valence electrons. The number of hydrogen-bond donors (Lipinski definition) is 1. The van der Waals surface area contributed by atoms with E-state index in [1.807, 2.05) is 0 Å². The minimum atomic E-state index is -0.796. The molecule has 0 aliphatic rings. The lowest BCUT2D eigenvalue weighted by Gasteiger charge is -2.06. The van der Waals surface area contributed by atoms with Crippen molar-refractivity contribution in [3.8, 4) is 0 Å². The maximum atomic E-state index is 13.0. The van der Waals surface area contributed by atoms with Crippen LogP contribution in [-0.2, 0) is 4.74 Å². The zero-order valence-corrected chi connectivity index (χ0v) is 10.2. The van der Waals surface area contributed by atoms with Gasteiger partial charge in [0.1, 0.15) is 11.4 Å². The molecule has 0 aliphatic heterocycles. The van der Waals surface area contributed by atoms with Crippen LogP contribution in [0, 0.1) is 5.82 Å². The molecule has 0 bridgehead atoms. The summed E-state index contributed by atoms with van der Waals surface area (Å²) in [6.07, 6.45) is 0. The monoisotopic (exact) mass is 269 g/mol. The Kier molecular flexibility index (Phi) is 3.34. The van der Waals surface area contributed by atoms with Crippen molar-refractivity contribution in [2.24, 2.45) is 0 Å². The number of benzene rings is 1. The van der Waals surface area contributed by atoms with Crippen molar-refractivity contribution in [1.82, 2.24) is 4.98 Å². The summed E-state index contributed by atoms with van der Waals surface area (Å²) in [6, 6.07) is 3.73. The number of ether oxygens (including phenoxy) is 1. The van der Waals surface area contributed by atoms with E-state index in [2.05, 4.69) is 4.98 Å². The minimum Gasteiger partial charge on any atom is -0.462 e. The van der Waals surface area contributed by atoms with Crippen LogP contribution in [0.3, 0.4) is 0 Å². The highest BCUT2D eigenvalue weighted by Crippen LogP contribution is 2.24. The van der Waals surface area contributed by atoms with Crippen molar-refractivity contribution in [2.75, 3.05) is 6.61 Å². The summed E-state index contributed by atoms with van der Waals surface area (Å²) >= 11 is 5.99. The fourth-order valence-electron chi connectivity index (χ4n) is 1.62. The van der Waals surface area contributed by atoms with Crippen LogP contribution in [0.1, 0.15) is 17.3 Å². The van der Waals surface area contributed by atoms with E-state index in [0.29, 0.717) is 5.39 Å². The molecule has 0 atom stereocenters. The SMILES string of the molecule is CCOC(=O)c1c(Cl)c2ccc(F)cc2[nH]c1=O. The highest BCUT2D eigenvalue weighted by atomic mass is 35.5. The number of H-pyrrole nitrogens is 1. The van der Waals surface area contributed by atoms with Gasteiger partial charge in [0.05, 0.1) is 17.1 Å². The number of carbonyl (C=O) groups excluding carboxylic acids is 1. The number of fused-ring (bicyclic) bond motifs is 1. The molecular formula is C12H9ClFNO3. The normalized spacial score (nSPS) is 10.6. The number of esters is 1. The van der Waals surface area contributed by atoms with Crippen LogP contribution in [0.25, 0.3) is 10.9 Å². The Bertz CT molecular complexity index is 681. The summed E-state index contributed by atoms with van der Waals surface area (Å²) in [7, 11) is 0. The summed E-state index contributed by atoms with van der Waals surface area (Å²) in [6.45, 7) is 1.76. The number of pyridine rings is 1. The zero-order valence-electron chi connectivity index (χ0n) is 9.42. The van der Waals surface area contributed by atoms with Gasteiger partial charge < -0.3 is 9.72 Å². The van der Waals surface area contributed by atoms with E-state index in [1.54, 1.807) is 6.92 Å². The molecule has 2 aromatic rings. The Morgan fingerprint density at radius 3 is 2.89 bits per heavy atom. The number of halogens is 2. The minimum absolute atomic E-state index is 0.0350. The molecule has 0 saturated carbocycles. The van der Waals surface area contributed by atoms with E-state index in [1.165, 1.54) is 12.1 Å². The van der Waals surface area contributed by atoms with E-state index >= 15 is 0 Å². The summed E-state index contributed by atoms with van der Waals surface area (Å²) in [5, 5.41) is 0.355. The molecule has 0 unspecified atom stereocenters. The molecule has 0 radical (unpaired) electrons. The first-order valence-corrected chi connectivity index (χ1v) is 5.60. The Balaban J connectivity index is 2.73. The van der Waals surface area contributed by atoms with Crippen LogP contribution in [-0.4, -0.2) is 17.6 Å². The van der Waals surface area contributed by atoms with Gasteiger partial charge in [-0.1, -0.05) is 11.6 Å². The summed E-state index contributed by atoms with van der Waals surface area (Å²) in [5.74, 6) is -1.30. The molecule has 4 nitrogen and oxygen atoms in total. The summed E-state index contributed by atoms with van der Waals surface area (Å²) in [4.78, 5) is 25.7. The molecular weight excluding hydrogens is 261 g/mol. The first-order valence-electron chi connectivity index (χ1n) is 5.22. The van der Waals surface area contributed by atoms with Gasteiger partial charge in [0.2, 0.25) is 0 Å². The molecule has 1 heterocycles. The molecule has 0 amide bonds. The van der Waals surface area contributed by atoms with E-state index in [4.69, 9.17) is 16.3 Å². The van der Waals surface area contributed by atoms with E-state index in [9.17, 15) is 14.0 Å². The average molecular weight is 270 g/mol. The molecule has 0 saturated heterocycles. The maximum Gasteiger partial charge on any atom is 0.345 e. The Hall–Kier alpha value is -1.88. The molecule has 1 aromatic carbocycles. The van der Waals surface area contributed by atoms with Crippen molar-refractivity contribution < 1.29 is 13.9 Å². The molecule has 1 N–H and O–H groups in total. The maximum absolute atomic E-state index is 13.0. The smallest absolute Gasteiger partial charge is 0.345 e. The predicted molar refractivity (Wildman–Crippen MR) is 65.5 cm³/mol. The highest BCUT2D eigenvalue weighted by Gasteiger charge is 2.19. The Morgan fingerprint density at radius 1 is 1.50 bits per heavy atom. The third kappa shape index (κ3) is 2.09. The van der Waals surface area contributed by atoms with E-state index < -0.39 is 17.3 Å². The van der Waals surface area contributed by atoms with Gasteiger partial charge in [-0.3, -0.25) is 4.79 Å². The summed E-state index contributed by atoms with van der Waals surface area (Å²) < 4.78 is 17.8. The van der Waals surface area contributed by atoms with Gasteiger partial charge in [0.15, 0.2) is 0 Å². The fraction of sp³-hybridized carbons (Fsp3) is 0.167. The third-order valence-corrected chi connectivity index (χ3v) is 2.78. The van der Waals surface area contributed by atoms with Crippen molar-refractivity contribution in [3.05, 3.63) is 45.0 Å². The third-order valence-electron chi connectivity index (χ3n) is 2.39. The van der Waals surface area contributed by atoms with Gasteiger partial charge in [0, 0.05) is 5.39 Å². The molecule has 0 fully saturated rings. The van der Waals surface area contributed by atoms with Gasteiger partial charge in [-0.05, 0) is 25.1 Å². The molecule has 0 aliphatic carbocycles. The lowest BCUT2D eigenvalue weighted by molar-refractivity contribution is 0.0524. The van der Waals surface area contributed by atoms with E-state index in [0.717, 1.165) is 6.07 Å². The number of carbonyl (C=O) groups is 1.